The molecular weight excluding hydrogens is 627 g/mol. The number of nitrogens with zero attached hydrogens (tertiary/aromatic N) is 6. The molecule has 2 N–H and O–H groups in total. The molecule has 10 heteroatoms. The Morgan fingerprint density at radius 1 is 1.02 bits per heavy atom. The molecule has 3 aromatic carbocycles. The van der Waals surface area contributed by atoms with E-state index in [1.54, 1.807) is 6.20 Å². The summed E-state index contributed by atoms with van der Waals surface area (Å²) in [4.78, 5) is 7.07. The molecule has 47 heavy (non-hydrogen) atoms. The van der Waals surface area contributed by atoms with Gasteiger partial charge in [0.2, 0.25) is 0 Å². The van der Waals surface area contributed by atoms with Crippen molar-refractivity contribution >= 4 is 45.5 Å². The molecule has 8 nitrogen and oxygen atoms in total. The van der Waals surface area contributed by atoms with E-state index in [0.29, 0.717) is 33.7 Å². The molecular formula is C37H40Cl2N8. The van der Waals surface area contributed by atoms with Crippen molar-refractivity contribution in [3.05, 3.63) is 112 Å². The highest BCUT2D eigenvalue weighted by Crippen LogP contribution is 2.36. The lowest BCUT2D eigenvalue weighted by atomic mass is 9.98. The fourth-order valence-corrected chi connectivity index (χ4v) is 6.72. The molecule has 1 aliphatic rings. The Balaban J connectivity index is 1.28. The Labute approximate surface area is 286 Å². The van der Waals surface area contributed by atoms with E-state index in [0.717, 1.165) is 66.8 Å². The molecule has 6 rings (SSSR count). The third-order valence-corrected chi connectivity index (χ3v) is 9.50. The monoisotopic (exact) mass is 666 g/mol. The van der Waals surface area contributed by atoms with Crippen LogP contribution in [0.15, 0.2) is 79.1 Å². The quantitative estimate of drug-likeness (QED) is 0.144. The predicted octanol–water partition coefficient (Wildman–Crippen LogP) is 8.69. The van der Waals surface area contributed by atoms with Crippen molar-refractivity contribution in [2.45, 2.75) is 64.1 Å². The average Bonchev–Trinajstić information content (AvgIpc) is 3.56. The Bertz CT molecular complexity index is 1850. The Morgan fingerprint density at radius 3 is 2.47 bits per heavy atom. The van der Waals surface area contributed by atoms with E-state index in [1.807, 2.05) is 47.1 Å². The lowest BCUT2D eigenvalue weighted by Crippen LogP contribution is -2.46. The van der Waals surface area contributed by atoms with Crippen LogP contribution in [-0.4, -0.2) is 50.1 Å². The Kier molecular flexibility index (Phi) is 9.97. The number of nitriles is 1. The summed E-state index contributed by atoms with van der Waals surface area (Å²) in [5, 5.41) is 28.4. The standard InChI is InChI=1S/C37H40Cl2N8/c1-37(2,3)46-18-15-30(16-19-46)47-24-33(44-45-47)35(26-11-13-28(38)14-12-26)43-29-20-31-34(27(22-40)23-42-36(31)32(39)21-29)41-17-7-10-25-8-5-4-6-9-25/h4-6,8-9,11-14,20-21,23-24,30,35,43H,7,10,15-19H2,1-3H3,(H,41,42). The minimum absolute atomic E-state index is 0.157. The molecule has 1 atom stereocenters. The van der Waals surface area contributed by atoms with Crippen LogP contribution in [0.5, 0.6) is 0 Å². The second-order valence-corrected chi connectivity index (χ2v) is 14.0. The highest BCUT2D eigenvalue weighted by atomic mass is 35.5. The fourth-order valence-electron chi connectivity index (χ4n) is 6.32. The van der Waals surface area contributed by atoms with Gasteiger partial charge in [-0.2, -0.15) is 5.26 Å². The van der Waals surface area contributed by atoms with Crippen LogP contribution in [0.2, 0.25) is 10.0 Å². The highest BCUT2D eigenvalue weighted by molar-refractivity contribution is 6.36. The summed E-state index contributed by atoms with van der Waals surface area (Å²) >= 11 is 13.1. The van der Waals surface area contributed by atoms with Gasteiger partial charge >= 0.3 is 0 Å². The second kappa shape index (κ2) is 14.3. The molecule has 0 spiro atoms. The minimum Gasteiger partial charge on any atom is -0.383 e. The van der Waals surface area contributed by atoms with Gasteiger partial charge < -0.3 is 10.6 Å². The number of likely N-dealkylation sites (tertiary alicyclic amines) is 1. The zero-order valence-electron chi connectivity index (χ0n) is 27.0. The first kappa shape index (κ1) is 32.8. The largest absolute Gasteiger partial charge is 0.383 e. The first-order valence-electron chi connectivity index (χ1n) is 16.2. The summed E-state index contributed by atoms with van der Waals surface area (Å²) in [6.07, 6.45) is 7.53. The third-order valence-electron chi connectivity index (χ3n) is 8.96. The number of benzene rings is 3. The van der Waals surface area contributed by atoms with E-state index in [9.17, 15) is 5.26 Å². The summed E-state index contributed by atoms with van der Waals surface area (Å²) in [5.41, 5.74) is 5.84. The lowest BCUT2D eigenvalue weighted by molar-refractivity contribution is 0.0866. The van der Waals surface area contributed by atoms with Gasteiger partial charge in [0.1, 0.15) is 11.8 Å². The van der Waals surface area contributed by atoms with Crippen LogP contribution >= 0.6 is 23.2 Å². The molecule has 0 aliphatic carbocycles. The number of aromatic nitrogens is 4. The number of fused-ring (bicyclic) bond motifs is 1. The van der Waals surface area contributed by atoms with Gasteiger partial charge in [0, 0.05) is 47.5 Å². The van der Waals surface area contributed by atoms with Crippen LogP contribution in [0.4, 0.5) is 11.4 Å². The Morgan fingerprint density at radius 2 is 1.77 bits per heavy atom. The van der Waals surface area contributed by atoms with Crippen LogP contribution in [0, 0.1) is 11.3 Å². The van der Waals surface area contributed by atoms with Gasteiger partial charge in [0.05, 0.1) is 40.1 Å². The molecule has 5 aromatic rings. The molecule has 0 saturated carbocycles. The maximum Gasteiger partial charge on any atom is 0.109 e. The van der Waals surface area contributed by atoms with E-state index < -0.39 is 0 Å². The van der Waals surface area contributed by atoms with Gasteiger partial charge in [-0.3, -0.25) is 9.88 Å². The van der Waals surface area contributed by atoms with Crippen molar-refractivity contribution in [3.8, 4) is 6.07 Å². The average molecular weight is 668 g/mol. The van der Waals surface area contributed by atoms with Gasteiger partial charge in [-0.25, -0.2) is 4.68 Å². The van der Waals surface area contributed by atoms with Gasteiger partial charge in [0.15, 0.2) is 0 Å². The van der Waals surface area contributed by atoms with Crippen molar-refractivity contribution in [1.29, 1.82) is 5.26 Å². The number of hydrogen-bond donors (Lipinski definition) is 2. The highest BCUT2D eigenvalue weighted by Gasteiger charge is 2.29. The summed E-state index contributed by atoms with van der Waals surface area (Å²) < 4.78 is 2.02. The van der Waals surface area contributed by atoms with Crippen molar-refractivity contribution in [3.63, 3.8) is 0 Å². The summed E-state index contributed by atoms with van der Waals surface area (Å²) in [7, 11) is 0. The third kappa shape index (κ3) is 7.70. The minimum atomic E-state index is -0.321. The number of rotatable bonds is 10. The molecule has 242 valence electrons. The maximum absolute atomic E-state index is 9.97. The van der Waals surface area contributed by atoms with Crippen molar-refractivity contribution < 1.29 is 0 Å². The molecule has 0 radical (unpaired) electrons. The van der Waals surface area contributed by atoms with Gasteiger partial charge in [-0.1, -0.05) is 70.9 Å². The number of hydrogen-bond acceptors (Lipinski definition) is 7. The summed E-state index contributed by atoms with van der Waals surface area (Å²) in [6.45, 7) is 9.56. The molecule has 3 heterocycles. The lowest BCUT2D eigenvalue weighted by Gasteiger charge is -2.40. The number of nitrogens with one attached hydrogen (secondary N) is 2. The SMILES string of the molecule is CC(C)(C)N1CCC(n2cc(C(Nc3cc(Cl)c4ncc(C#N)c(NCCCc5ccccc5)c4c3)c3ccc(Cl)cc3)nn2)CC1. The van der Waals surface area contributed by atoms with Crippen molar-refractivity contribution in [2.75, 3.05) is 30.3 Å². The smallest absolute Gasteiger partial charge is 0.109 e. The molecule has 1 fully saturated rings. The topological polar surface area (TPSA) is 94.7 Å². The van der Waals surface area contributed by atoms with E-state index in [4.69, 9.17) is 23.2 Å². The number of halogens is 2. The van der Waals surface area contributed by atoms with Gasteiger partial charge in [-0.15, -0.1) is 5.10 Å². The predicted molar refractivity (Wildman–Crippen MR) is 191 cm³/mol. The number of piperidine rings is 1. The molecule has 0 amide bonds. The van der Waals surface area contributed by atoms with E-state index in [2.05, 4.69) is 88.1 Å². The van der Waals surface area contributed by atoms with E-state index in [-0.39, 0.29) is 11.6 Å². The first-order chi connectivity index (χ1) is 22.7. The van der Waals surface area contributed by atoms with Gasteiger partial charge in [0.25, 0.3) is 0 Å². The number of aryl methyl sites for hydroxylation is 1. The normalized spacial score (nSPS) is 15.0. The molecule has 1 unspecified atom stereocenters. The van der Waals surface area contributed by atoms with Crippen LogP contribution < -0.4 is 10.6 Å². The van der Waals surface area contributed by atoms with Crippen LogP contribution in [0.25, 0.3) is 10.9 Å². The zero-order chi connectivity index (χ0) is 33.0. The van der Waals surface area contributed by atoms with E-state index >= 15 is 0 Å². The molecule has 0 bridgehead atoms. The summed E-state index contributed by atoms with van der Waals surface area (Å²) in [5.74, 6) is 0. The fraction of sp³-hybridized carbons (Fsp3) is 0.351. The van der Waals surface area contributed by atoms with Crippen LogP contribution in [0.3, 0.4) is 0 Å². The molecule has 1 aliphatic heterocycles. The maximum atomic E-state index is 9.97. The van der Waals surface area contributed by atoms with E-state index in [1.165, 1.54) is 5.56 Å². The van der Waals surface area contributed by atoms with Crippen LogP contribution in [-0.2, 0) is 6.42 Å². The van der Waals surface area contributed by atoms with Crippen LogP contribution in [0.1, 0.15) is 74.5 Å². The van der Waals surface area contributed by atoms with Gasteiger partial charge in [-0.05, 0) is 81.8 Å². The second-order valence-electron chi connectivity index (χ2n) is 13.2. The Hall–Kier alpha value is -4.16. The molecule has 1 saturated heterocycles. The number of pyridine rings is 1. The van der Waals surface area contributed by atoms with Crippen molar-refractivity contribution in [1.82, 2.24) is 24.9 Å². The first-order valence-corrected chi connectivity index (χ1v) is 16.9. The number of anilines is 2. The van der Waals surface area contributed by atoms with Crippen molar-refractivity contribution in [2.24, 2.45) is 0 Å². The summed E-state index contributed by atoms with van der Waals surface area (Å²) in [6, 6.07) is 24.3. The molecule has 2 aromatic heterocycles. The zero-order valence-corrected chi connectivity index (χ0v) is 28.6.